The number of hydrogen-bond acceptors (Lipinski definition) is 5. The fraction of sp³-hybridized carbons (Fsp3) is 0.536. The van der Waals surface area contributed by atoms with Gasteiger partial charge in [-0.25, -0.2) is 8.42 Å². The van der Waals surface area contributed by atoms with Crippen molar-refractivity contribution in [3.8, 4) is 0 Å². The number of sulfone groups is 1. The number of likely N-dealkylation sites (tertiary alicyclic amines) is 1. The maximum absolute atomic E-state index is 12.5. The van der Waals surface area contributed by atoms with Gasteiger partial charge in [-0.3, -0.25) is 4.79 Å². The Morgan fingerprint density at radius 1 is 0.943 bits per heavy atom. The van der Waals surface area contributed by atoms with E-state index in [2.05, 4.69) is 45.4 Å². The van der Waals surface area contributed by atoms with Crippen LogP contribution in [-0.4, -0.2) is 57.7 Å². The van der Waals surface area contributed by atoms with Crippen LogP contribution < -0.4 is 10.2 Å². The maximum atomic E-state index is 12.5. The van der Waals surface area contributed by atoms with Crippen LogP contribution in [0.15, 0.2) is 59.5 Å². The predicted molar refractivity (Wildman–Crippen MR) is 143 cm³/mol. The summed E-state index contributed by atoms with van der Waals surface area (Å²) in [5, 5.41) is 2.92. The number of anilines is 2. The monoisotopic (exact) mass is 497 g/mol. The van der Waals surface area contributed by atoms with E-state index in [0.29, 0.717) is 24.1 Å². The molecule has 2 aromatic carbocycles. The highest BCUT2D eigenvalue weighted by Crippen LogP contribution is 2.28. The van der Waals surface area contributed by atoms with E-state index in [4.69, 9.17) is 0 Å². The Kier molecular flexibility index (Phi) is 8.84. The number of carbonyl (C=O) groups is 1. The van der Waals surface area contributed by atoms with Crippen molar-refractivity contribution in [2.24, 2.45) is 5.92 Å². The van der Waals surface area contributed by atoms with Gasteiger partial charge < -0.3 is 15.1 Å². The minimum Gasteiger partial charge on any atom is -0.367 e. The van der Waals surface area contributed by atoms with Crippen molar-refractivity contribution in [2.45, 2.75) is 62.3 Å². The Morgan fingerprint density at radius 2 is 1.60 bits per heavy atom. The molecule has 1 aliphatic carbocycles. The number of para-hydroxylation sites is 1. The molecular formula is C28H39N3O3S. The average Bonchev–Trinajstić information content (AvgIpc) is 2.86. The Morgan fingerprint density at radius 3 is 2.23 bits per heavy atom. The van der Waals surface area contributed by atoms with Gasteiger partial charge in [0.2, 0.25) is 5.91 Å². The molecule has 1 amide bonds. The Hall–Kier alpha value is -2.38. The van der Waals surface area contributed by atoms with Crippen LogP contribution in [0.3, 0.4) is 0 Å². The lowest BCUT2D eigenvalue weighted by atomic mass is 9.92. The van der Waals surface area contributed by atoms with E-state index in [-0.39, 0.29) is 10.8 Å². The van der Waals surface area contributed by atoms with E-state index in [9.17, 15) is 13.2 Å². The van der Waals surface area contributed by atoms with Gasteiger partial charge >= 0.3 is 0 Å². The van der Waals surface area contributed by atoms with Crippen LogP contribution in [0.4, 0.5) is 11.4 Å². The largest absolute Gasteiger partial charge is 0.367 e. The molecule has 0 atom stereocenters. The zero-order chi connectivity index (χ0) is 24.7. The molecule has 2 aromatic rings. The SMILES string of the molecule is CS(=O)(=O)c1ccc(NC(=O)CC2CCN(CCN(c3ccccc3)C3CCCCC3)CC2)cc1. The Balaban J connectivity index is 1.22. The first kappa shape index (κ1) is 25.7. The molecule has 0 unspecified atom stereocenters. The van der Waals surface area contributed by atoms with Gasteiger partial charge in [0, 0.05) is 43.2 Å². The van der Waals surface area contributed by atoms with E-state index in [1.165, 1.54) is 56.2 Å². The molecular weight excluding hydrogens is 458 g/mol. The van der Waals surface area contributed by atoms with Crippen molar-refractivity contribution in [3.05, 3.63) is 54.6 Å². The summed E-state index contributed by atoms with van der Waals surface area (Å²) in [7, 11) is -3.23. The molecule has 35 heavy (non-hydrogen) atoms. The number of rotatable bonds is 9. The van der Waals surface area contributed by atoms with Crippen molar-refractivity contribution in [2.75, 3.05) is 42.7 Å². The van der Waals surface area contributed by atoms with Crippen molar-refractivity contribution < 1.29 is 13.2 Å². The van der Waals surface area contributed by atoms with Gasteiger partial charge in [-0.05, 0) is 81.1 Å². The van der Waals surface area contributed by atoms with Crippen LogP contribution in [0, 0.1) is 5.92 Å². The summed E-state index contributed by atoms with van der Waals surface area (Å²) in [6.07, 6.45) is 10.4. The van der Waals surface area contributed by atoms with E-state index >= 15 is 0 Å². The second-order valence-corrected chi connectivity index (χ2v) is 12.2. The molecule has 0 bridgehead atoms. The summed E-state index contributed by atoms with van der Waals surface area (Å²) < 4.78 is 23.2. The number of hydrogen-bond donors (Lipinski definition) is 1. The summed E-state index contributed by atoms with van der Waals surface area (Å²) in [5.41, 5.74) is 1.99. The predicted octanol–water partition coefficient (Wildman–Crippen LogP) is 4.97. The first-order valence-electron chi connectivity index (χ1n) is 13.0. The summed E-state index contributed by atoms with van der Waals surface area (Å²) in [6.45, 7) is 4.20. The summed E-state index contributed by atoms with van der Waals surface area (Å²) in [5.74, 6) is 0.397. The van der Waals surface area contributed by atoms with Crippen molar-refractivity contribution in [3.63, 3.8) is 0 Å². The first-order valence-corrected chi connectivity index (χ1v) is 14.9. The lowest BCUT2D eigenvalue weighted by Gasteiger charge is -2.39. The number of nitrogens with zero attached hydrogens (tertiary/aromatic N) is 2. The lowest BCUT2D eigenvalue weighted by molar-refractivity contribution is -0.117. The third-order valence-corrected chi connectivity index (χ3v) is 8.64. The highest BCUT2D eigenvalue weighted by atomic mass is 32.2. The van der Waals surface area contributed by atoms with Crippen molar-refractivity contribution >= 4 is 27.1 Å². The molecule has 1 heterocycles. The molecule has 0 radical (unpaired) electrons. The fourth-order valence-corrected chi connectivity index (χ4v) is 6.09. The third-order valence-electron chi connectivity index (χ3n) is 7.51. The molecule has 2 aliphatic rings. The first-order chi connectivity index (χ1) is 16.9. The van der Waals surface area contributed by atoms with Crippen LogP contribution in [0.2, 0.25) is 0 Å². The quantitative estimate of drug-likeness (QED) is 0.530. The van der Waals surface area contributed by atoms with Gasteiger partial charge in [0.1, 0.15) is 0 Å². The second-order valence-electron chi connectivity index (χ2n) is 10.2. The molecule has 0 spiro atoms. The fourth-order valence-electron chi connectivity index (χ4n) is 5.46. The molecule has 0 aromatic heterocycles. The van der Waals surface area contributed by atoms with E-state index in [0.717, 1.165) is 39.0 Å². The average molecular weight is 498 g/mol. The van der Waals surface area contributed by atoms with Crippen LogP contribution >= 0.6 is 0 Å². The van der Waals surface area contributed by atoms with Crippen molar-refractivity contribution in [1.82, 2.24) is 4.90 Å². The smallest absolute Gasteiger partial charge is 0.224 e. The minimum atomic E-state index is -3.23. The number of carbonyl (C=O) groups excluding carboxylic acids is 1. The van der Waals surface area contributed by atoms with Gasteiger partial charge in [0.15, 0.2) is 9.84 Å². The Labute approximate surface area is 210 Å². The Bertz CT molecular complexity index is 1040. The summed E-state index contributed by atoms with van der Waals surface area (Å²) in [6, 6.07) is 17.9. The second kappa shape index (κ2) is 12.0. The van der Waals surface area contributed by atoms with E-state index in [1.807, 2.05) is 0 Å². The highest BCUT2D eigenvalue weighted by Gasteiger charge is 2.25. The molecule has 190 valence electrons. The number of benzene rings is 2. The van der Waals surface area contributed by atoms with Crippen LogP contribution in [0.25, 0.3) is 0 Å². The number of piperidine rings is 1. The standard InChI is InChI=1S/C28H39N3O3S/c1-35(33,34)27-14-12-24(13-15-27)29-28(32)22-23-16-18-30(19-17-23)20-21-31(25-8-4-2-5-9-25)26-10-6-3-7-11-26/h2,4-5,8-9,12-15,23,26H,3,6-7,10-11,16-22H2,1H3,(H,29,32). The highest BCUT2D eigenvalue weighted by molar-refractivity contribution is 7.90. The topological polar surface area (TPSA) is 69.7 Å². The molecule has 4 rings (SSSR count). The minimum absolute atomic E-state index is 0.00288. The third kappa shape index (κ3) is 7.55. The molecule has 2 fully saturated rings. The molecule has 1 aliphatic heterocycles. The van der Waals surface area contributed by atoms with Crippen LogP contribution in [-0.2, 0) is 14.6 Å². The van der Waals surface area contributed by atoms with Crippen molar-refractivity contribution in [1.29, 1.82) is 0 Å². The zero-order valence-corrected chi connectivity index (χ0v) is 21.7. The van der Waals surface area contributed by atoms with Gasteiger partial charge in [-0.1, -0.05) is 37.5 Å². The van der Waals surface area contributed by atoms with Gasteiger partial charge in [-0.15, -0.1) is 0 Å². The van der Waals surface area contributed by atoms with Gasteiger partial charge in [-0.2, -0.15) is 0 Å². The number of amides is 1. The lowest BCUT2D eigenvalue weighted by Crippen LogP contribution is -2.44. The van der Waals surface area contributed by atoms with E-state index in [1.54, 1.807) is 12.1 Å². The summed E-state index contributed by atoms with van der Waals surface area (Å²) >= 11 is 0. The molecule has 6 nitrogen and oxygen atoms in total. The van der Waals surface area contributed by atoms with Gasteiger partial charge in [0.05, 0.1) is 4.90 Å². The molecule has 1 N–H and O–H groups in total. The van der Waals surface area contributed by atoms with E-state index < -0.39 is 9.84 Å². The maximum Gasteiger partial charge on any atom is 0.224 e. The molecule has 1 saturated carbocycles. The van der Waals surface area contributed by atoms with Crippen LogP contribution in [0.5, 0.6) is 0 Å². The van der Waals surface area contributed by atoms with Crippen LogP contribution in [0.1, 0.15) is 51.4 Å². The number of nitrogens with one attached hydrogen (secondary N) is 1. The summed E-state index contributed by atoms with van der Waals surface area (Å²) in [4.78, 5) is 18.0. The zero-order valence-electron chi connectivity index (χ0n) is 20.9. The van der Waals surface area contributed by atoms with Gasteiger partial charge in [0.25, 0.3) is 0 Å². The molecule has 1 saturated heterocycles. The normalized spacial score (nSPS) is 18.3. The molecule has 7 heteroatoms.